The van der Waals surface area contributed by atoms with E-state index in [-0.39, 0.29) is 11.5 Å². The molecule has 8 nitrogen and oxygen atoms in total. The van der Waals surface area contributed by atoms with Crippen LogP contribution in [0.25, 0.3) is 0 Å². The molecule has 5 N–H and O–H groups in total. The molecule has 1 aromatic heterocycles. The Morgan fingerprint density at radius 3 is 2.53 bits per heavy atom. The van der Waals surface area contributed by atoms with Crippen LogP contribution in [-0.4, -0.2) is 28.1 Å². The van der Waals surface area contributed by atoms with Crippen LogP contribution in [0.2, 0.25) is 0 Å². The lowest BCUT2D eigenvalue weighted by molar-refractivity contribution is -0.123. The van der Waals surface area contributed by atoms with Crippen molar-refractivity contribution in [2.75, 3.05) is 0 Å². The minimum atomic E-state index is -0.674. The Bertz CT molecular complexity index is 599. The van der Waals surface area contributed by atoms with Crippen LogP contribution in [0.3, 0.4) is 0 Å². The predicted octanol–water partition coefficient (Wildman–Crippen LogP) is -1.19. The minimum Gasteiger partial charge on any atom is -0.320 e. The smallest absolute Gasteiger partial charge is 0.320 e. The molecule has 1 unspecified atom stereocenters. The summed E-state index contributed by atoms with van der Waals surface area (Å²) in [6.45, 7) is 5.18. The van der Waals surface area contributed by atoms with Gasteiger partial charge in [0.2, 0.25) is 0 Å². The minimum absolute atomic E-state index is 0.0200. The van der Waals surface area contributed by atoms with Gasteiger partial charge in [0, 0.05) is 5.69 Å². The number of aromatic amines is 2. The third-order valence-corrected chi connectivity index (χ3v) is 2.57. The van der Waals surface area contributed by atoms with Gasteiger partial charge in [-0.05, 0) is 12.8 Å². The van der Waals surface area contributed by atoms with Gasteiger partial charge in [-0.3, -0.25) is 14.6 Å². The molecular formula is C11H17N5O3. The number of nitrogens with one attached hydrogen (secondary N) is 3. The number of carbonyl (C=O) groups is 1. The molecule has 19 heavy (non-hydrogen) atoms. The second kappa shape index (κ2) is 6.10. The zero-order valence-corrected chi connectivity index (χ0v) is 11.0. The molecule has 0 aliphatic carbocycles. The molecule has 0 spiro atoms. The van der Waals surface area contributed by atoms with E-state index in [0.29, 0.717) is 5.69 Å². The largest absolute Gasteiger partial charge is 0.325 e. The molecule has 0 radical (unpaired) electrons. The molecule has 0 aliphatic heterocycles. The molecule has 104 valence electrons. The molecule has 0 saturated heterocycles. The average molecular weight is 267 g/mol. The van der Waals surface area contributed by atoms with Crippen LogP contribution in [0.4, 0.5) is 0 Å². The van der Waals surface area contributed by atoms with E-state index in [0.717, 1.165) is 6.21 Å². The van der Waals surface area contributed by atoms with E-state index in [1.54, 1.807) is 6.92 Å². The molecule has 0 saturated carbocycles. The Balaban J connectivity index is 2.82. The molecule has 0 fully saturated rings. The number of nitrogens with zero attached hydrogens (tertiary/aromatic N) is 1. The molecular weight excluding hydrogens is 250 g/mol. The van der Waals surface area contributed by atoms with Crippen molar-refractivity contribution in [2.45, 2.75) is 26.8 Å². The van der Waals surface area contributed by atoms with Crippen LogP contribution in [0.1, 0.15) is 25.1 Å². The first-order valence-electron chi connectivity index (χ1n) is 5.74. The average Bonchev–Trinajstić information content (AvgIpc) is 2.30. The first-order valence-corrected chi connectivity index (χ1v) is 5.74. The summed E-state index contributed by atoms with van der Waals surface area (Å²) in [4.78, 5) is 38.4. The van der Waals surface area contributed by atoms with E-state index in [2.05, 4.69) is 20.5 Å². The van der Waals surface area contributed by atoms with Crippen LogP contribution in [0, 0.1) is 12.8 Å². The number of nitrogens with two attached hydrogens (primary N) is 1. The highest BCUT2D eigenvalue weighted by Gasteiger charge is 2.16. The number of hydrazone groups is 1. The topological polar surface area (TPSA) is 133 Å². The Morgan fingerprint density at radius 2 is 2.00 bits per heavy atom. The van der Waals surface area contributed by atoms with Gasteiger partial charge in [0.1, 0.15) is 0 Å². The fraction of sp³-hybridized carbons (Fsp3) is 0.455. The van der Waals surface area contributed by atoms with Crippen molar-refractivity contribution >= 4 is 12.1 Å². The third kappa shape index (κ3) is 3.88. The lowest BCUT2D eigenvalue weighted by Crippen LogP contribution is -2.42. The van der Waals surface area contributed by atoms with E-state index < -0.39 is 23.2 Å². The summed E-state index contributed by atoms with van der Waals surface area (Å²) in [5.74, 6) is -0.460. The number of carbonyl (C=O) groups excluding carboxylic acids is 1. The zero-order chi connectivity index (χ0) is 14.6. The SMILES string of the molecule is Cc1[nH]c(=O)[nH]c(=O)c1/C=N/NC(=O)C(N)C(C)C. The summed E-state index contributed by atoms with van der Waals surface area (Å²) in [6.07, 6.45) is 1.16. The Kier molecular flexibility index (Phi) is 4.76. The number of rotatable bonds is 4. The van der Waals surface area contributed by atoms with Gasteiger partial charge in [-0.15, -0.1) is 0 Å². The highest BCUT2D eigenvalue weighted by molar-refractivity contribution is 5.85. The molecule has 1 heterocycles. The van der Waals surface area contributed by atoms with Crippen LogP contribution in [0.5, 0.6) is 0 Å². The first-order chi connectivity index (χ1) is 8.82. The molecule has 8 heteroatoms. The van der Waals surface area contributed by atoms with Gasteiger partial charge in [-0.1, -0.05) is 13.8 Å². The fourth-order valence-electron chi connectivity index (χ4n) is 1.30. The van der Waals surface area contributed by atoms with E-state index in [1.807, 2.05) is 13.8 Å². The van der Waals surface area contributed by atoms with Crippen LogP contribution in [0.15, 0.2) is 14.7 Å². The summed E-state index contributed by atoms with van der Waals surface area (Å²) < 4.78 is 0. The maximum Gasteiger partial charge on any atom is 0.325 e. The van der Waals surface area contributed by atoms with Crippen molar-refractivity contribution in [1.82, 2.24) is 15.4 Å². The molecule has 1 amide bonds. The standard InChI is InChI=1S/C11H17N5O3/c1-5(2)8(12)10(18)16-13-4-7-6(3)14-11(19)15-9(7)17/h4-5,8H,12H2,1-3H3,(H,16,18)(H2,14,15,17,19)/b13-4+. The Hall–Kier alpha value is -2.22. The Labute approximate surface area is 109 Å². The quantitative estimate of drug-likeness (QED) is 0.403. The highest BCUT2D eigenvalue weighted by atomic mass is 16.2. The second-order valence-corrected chi connectivity index (χ2v) is 4.45. The highest BCUT2D eigenvalue weighted by Crippen LogP contribution is 1.97. The summed E-state index contributed by atoms with van der Waals surface area (Å²) in [7, 11) is 0. The van der Waals surface area contributed by atoms with Gasteiger partial charge in [-0.25, -0.2) is 10.2 Å². The van der Waals surface area contributed by atoms with Crippen LogP contribution >= 0.6 is 0 Å². The van der Waals surface area contributed by atoms with E-state index in [1.165, 1.54) is 0 Å². The summed E-state index contributed by atoms with van der Waals surface area (Å²) in [5, 5.41) is 3.65. The van der Waals surface area contributed by atoms with Crippen LogP contribution in [-0.2, 0) is 4.79 Å². The molecule has 0 aliphatic rings. The maximum absolute atomic E-state index is 11.5. The van der Waals surface area contributed by atoms with Gasteiger partial charge < -0.3 is 10.7 Å². The number of aryl methyl sites for hydroxylation is 1. The molecule has 0 bridgehead atoms. The van der Waals surface area contributed by atoms with Gasteiger partial charge in [0.25, 0.3) is 11.5 Å². The van der Waals surface area contributed by atoms with Gasteiger partial charge >= 0.3 is 5.69 Å². The van der Waals surface area contributed by atoms with E-state index in [9.17, 15) is 14.4 Å². The predicted molar refractivity (Wildman–Crippen MR) is 71.0 cm³/mol. The number of hydrogen-bond donors (Lipinski definition) is 4. The number of amides is 1. The first kappa shape index (κ1) is 14.8. The third-order valence-electron chi connectivity index (χ3n) is 2.57. The lowest BCUT2D eigenvalue weighted by atomic mass is 10.1. The van der Waals surface area contributed by atoms with Gasteiger partial charge in [0.05, 0.1) is 17.8 Å². The van der Waals surface area contributed by atoms with Gasteiger partial charge in [0.15, 0.2) is 0 Å². The van der Waals surface area contributed by atoms with E-state index in [4.69, 9.17) is 5.73 Å². The normalized spacial score (nSPS) is 12.9. The molecule has 1 atom stereocenters. The summed E-state index contributed by atoms with van der Waals surface area (Å²) in [5.41, 5.74) is 7.22. The summed E-state index contributed by atoms with van der Waals surface area (Å²) >= 11 is 0. The zero-order valence-electron chi connectivity index (χ0n) is 11.0. The van der Waals surface area contributed by atoms with Crippen molar-refractivity contribution < 1.29 is 4.79 Å². The van der Waals surface area contributed by atoms with Crippen molar-refractivity contribution in [3.05, 3.63) is 32.1 Å². The monoisotopic (exact) mass is 267 g/mol. The maximum atomic E-state index is 11.5. The molecule has 1 aromatic rings. The van der Waals surface area contributed by atoms with Crippen molar-refractivity contribution in [3.63, 3.8) is 0 Å². The molecule has 1 rings (SSSR count). The number of hydrogen-bond acceptors (Lipinski definition) is 5. The van der Waals surface area contributed by atoms with Crippen molar-refractivity contribution in [1.29, 1.82) is 0 Å². The van der Waals surface area contributed by atoms with Crippen LogP contribution < -0.4 is 22.4 Å². The summed E-state index contributed by atoms with van der Waals surface area (Å²) in [6, 6.07) is -0.674. The van der Waals surface area contributed by atoms with Crippen molar-refractivity contribution in [2.24, 2.45) is 16.8 Å². The fourth-order valence-corrected chi connectivity index (χ4v) is 1.30. The lowest BCUT2D eigenvalue weighted by Gasteiger charge is -2.12. The van der Waals surface area contributed by atoms with E-state index >= 15 is 0 Å². The van der Waals surface area contributed by atoms with Crippen molar-refractivity contribution in [3.8, 4) is 0 Å². The second-order valence-electron chi connectivity index (χ2n) is 4.45. The number of H-pyrrole nitrogens is 2. The molecule has 0 aromatic carbocycles. The Morgan fingerprint density at radius 1 is 1.37 bits per heavy atom. The number of aromatic nitrogens is 2. The van der Waals surface area contributed by atoms with Gasteiger partial charge in [-0.2, -0.15) is 5.10 Å².